The molecule has 0 radical (unpaired) electrons. The predicted molar refractivity (Wildman–Crippen MR) is 67.7 cm³/mol. The first kappa shape index (κ1) is 19.3. The summed E-state index contributed by atoms with van der Waals surface area (Å²) >= 11 is 0. The Kier molecular flexibility index (Phi) is 25.5. The monoisotopic (exact) mass is 202 g/mol. The van der Waals surface area contributed by atoms with E-state index < -0.39 is 0 Å². The highest BCUT2D eigenvalue weighted by atomic mass is 16.3. The number of allylic oxidation sites excluding steroid dienone is 2. The topological polar surface area (TPSA) is 20.2 Å². The Morgan fingerprint density at radius 1 is 1.00 bits per heavy atom. The Labute approximate surface area is 91.2 Å². The summed E-state index contributed by atoms with van der Waals surface area (Å²) in [6.07, 6.45) is 9.60. The number of hydrogen-bond donors (Lipinski definition) is 1. The molecule has 0 aromatic carbocycles. The molecule has 0 fully saturated rings. The van der Waals surface area contributed by atoms with E-state index in [4.69, 9.17) is 5.11 Å². The van der Waals surface area contributed by atoms with Crippen LogP contribution in [-0.2, 0) is 0 Å². The van der Waals surface area contributed by atoms with Gasteiger partial charge in [-0.25, -0.2) is 0 Å². The van der Waals surface area contributed by atoms with E-state index in [1.54, 1.807) is 0 Å². The summed E-state index contributed by atoms with van der Waals surface area (Å²) in [6.45, 7) is 8.37. The number of hydrogen-bond acceptors (Lipinski definition) is 1. The number of aliphatic hydroxyl groups is 1. The Hall–Kier alpha value is -0.300. The molecule has 0 aliphatic rings. The van der Waals surface area contributed by atoms with E-state index >= 15 is 0 Å². The Balaban J connectivity index is -0.000000163. The van der Waals surface area contributed by atoms with Gasteiger partial charge in [-0.05, 0) is 25.7 Å². The molecule has 14 heavy (non-hydrogen) atoms. The fourth-order valence-corrected chi connectivity index (χ4v) is 0.871. The molecule has 0 aliphatic carbocycles. The number of aliphatic hydroxyl groups excluding tert-OH is 1. The Morgan fingerprint density at radius 2 is 1.43 bits per heavy atom. The molecule has 0 rings (SSSR count). The van der Waals surface area contributed by atoms with Crippen LogP contribution in [0.25, 0.3) is 0 Å². The minimum Gasteiger partial charge on any atom is -0.393 e. The second kappa shape index (κ2) is 18.5. The zero-order chi connectivity index (χ0) is 10.5. The van der Waals surface area contributed by atoms with Gasteiger partial charge in [-0.2, -0.15) is 0 Å². The fourth-order valence-electron chi connectivity index (χ4n) is 0.871. The standard InChI is InChI=1S/C6H14O.C6H12.CH4/c1-3-5-6(7)4-2;1-3-5-6-4-2;/h6-7H,3-5H2,1-2H3;5-6H,3-4H2,1-2H3;1H4/b;6-5-;. The van der Waals surface area contributed by atoms with E-state index in [0.29, 0.717) is 0 Å². The van der Waals surface area contributed by atoms with E-state index in [9.17, 15) is 0 Å². The van der Waals surface area contributed by atoms with Crippen LogP contribution >= 0.6 is 0 Å². The van der Waals surface area contributed by atoms with Crippen molar-refractivity contribution in [2.75, 3.05) is 0 Å². The van der Waals surface area contributed by atoms with Crippen LogP contribution in [0.1, 0.15) is 67.2 Å². The normalized spacial score (nSPS) is 11.5. The van der Waals surface area contributed by atoms with Gasteiger partial charge in [0.1, 0.15) is 0 Å². The average Bonchev–Trinajstić information content (AvgIpc) is 2.16. The fraction of sp³-hybridized carbons (Fsp3) is 0.846. The second-order valence-corrected chi connectivity index (χ2v) is 3.14. The zero-order valence-electron chi connectivity index (χ0n) is 9.71. The third-order valence-electron chi connectivity index (χ3n) is 1.73. The van der Waals surface area contributed by atoms with Gasteiger partial charge in [0.2, 0.25) is 0 Å². The summed E-state index contributed by atoms with van der Waals surface area (Å²) in [7, 11) is 0. The van der Waals surface area contributed by atoms with Gasteiger partial charge in [0.25, 0.3) is 0 Å². The maximum atomic E-state index is 8.86. The summed E-state index contributed by atoms with van der Waals surface area (Å²) in [5.74, 6) is 0. The van der Waals surface area contributed by atoms with Gasteiger partial charge in [-0.15, -0.1) is 0 Å². The van der Waals surface area contributed by atoms with Crippen LogP contribution < -0.4 is 0 Å². The molecule has 0 saturated carbocycles. The zero-order valence-corrected chi connectivity index (χ0v) is 9.71. The van der Waals surface area contributed by atoms with Crippen LogP contribution in [0.5, 0.6) is 0 Å². The van der Waals surface area contributed by atoms with Crippen molar-refractivity contribution in [1.29, 1.82) is 0 Å². The van der Waals surface area contributed by atoms with Gasteiger partial charge in [0.05, 0.1) is 6.10 Å². The van der Waals surface area contributed by atoms with Gasteiger partial charge in [0, 0.05) is 0 Å². The van der Waals surface area contributed by atoms with Crippen LogP contribution in [0, 0.1) is 0 Å². The van der Waals surface area contributed by atoms with Crippen molar-refractivity contribution < 1.29 is 5.11 Å². The predicted octanol–water partition coefficient (Wildman–Crippen LogP) is 4.56. The molecule has 1 unspecified atom stereocenters. The molecule has 1 heteroatoms. The van der Waals surface area contributed by atoms with Crippen molar-refractivity contribution in [3.8, 4) is 0 Å². The highest BCUT2D eigenvalue weighted by molar-refractivity contribution is 4.77. The van der Waals surface area contributed by atoms with Crippen molar-refractivity contribution in [2.24, 2.45) is 0 Å². The van der Waals surface area contributed by atoms with E-state index in [-0.39, 0.29) is 13.5 Å². The van der Waals surface area contributed by atoms with E-state index in [2.05, 4.69) is 32.9 Å². The average molecular weight is 202 g/mol. The van der Waals surface area contributed by atoms with Crippen molar-refractivity contribution in [3.05, 3.63) is 12.2 Å². The molecule has 0 aliphatic heterocycles. The molecule has 0 amide bonds. The van der Waals surface area contributed by atoms with Gasteiger partial charge >= 0.3 is 0 Å². The molecule has 0 aromatic rings. The summed E-state index contributed by atoms with van der Waals surface area (Å²) < 4.78 is 0. The molecular weight excluding hydrogens is 172 g/mol. The van der Waals surface area contributed by atoms with Crippen molar-refractivity contribution in [1.82, 2.24) is 0 Å². The molecule has 88 valence electrons. The lowest BCUT2D eigenvalue weighted by atomic mass is 10.2. The first-order chi connectivity index (χ1) is 6.22. The maximum absolute atomic E-state index is 8.86. The van der Waals surface area contributed by atoms with Crippen LogP contribution in [0.3, 0.4) is 0 Å². The first-order valence-electron chi connectivity index (χ1n) is 5.55. The summed E-state index contributed by atoms with van der Waals surface area (Å²) in [5.41, 5.74) is 0. The minimum atomic E-state index is -0.0509. The van der Waals surface area contributed by atoms with E-state index in [0.717, 1.165) is 19.3 Å². The lowest BCUT2D eigenvalue weighted by molar-refractivity contribution is 0.159. The molecule has 1 atom stereocenters. The molecule has 0 spiro atoms. The lowest BCUT2D eigenvalue weighted by Crippen LogP contribution is -2.01. The minimum absolute atomic E-state index is 0. The lowest BCUT2D eigenvalue weighted by Gasteiger charge is -2.01. The maximum Gasteiger partial charge on any atom is 0.0537 e. The molecular formula is C13H30O. The van der Waals surface area contributed by atoms with Crippen LogP contribution in [0.15, 0.2) is 12.2 Å². The molecule has 0 heterocycles. The smallest absolute Gasteiger partial charge is 0.0537 e. The Morgan fingerprint density at radius 3 is 1.57 bits per heavy atom. The van der Waals surface area contributed by atoms with Gasteiger partial charge in [-0.1, -0.05) is 53.7 Å². The number of rotatable bonds is 5. The van der Waals surface area contributed by atoms with Crippen LogP contribution in [-0.4, -0.2) is 11.2 Å². The van der Waals surface area contributed by atoms with Crippen molar-refractivity contribution in [3.63, 3.8) is 0 Å². The molecule has 1 N–H and O–H groups in total. The van der Waals surface area contributed by atoms with Crippen molar-refractivity contribution >= 4 is 0 Å². The van der Waals surface area contributed by atoms with Gasteiger partial charge in [-0.3, -0.25) is 0 Å². The third kappa shape index (κ3) is 22.6. The quantitative estimate of drug-likeness (QED) is 0.648. The van der Waals surface area contributed by atoms with Crippen LogP contribution in [0.4, 0.5) is 0 Å². The van der Waals surface area contributed by atoms with E-state index in [1.165, 1.54) is 12.8 Å². The summed E-state index contributed by atoms with van der Waals surface area (Å²) in [4.78, 5) is 0. The first-order valence-corrected chi connectivity index (χ1v) is 5.55. The Bertz CT molecular complexity index is 91.4. The van der Waals surface area contributed by atoms with Crippen molar-refractivity contribution in [2.45, 2.75) is 73.3 Å². The highest BCUT2D eigenvalue weighted by Gasteiger charge is 1.94. The largest absolute Gasteiger partial charge is 0.393 e. The third-order valence-corrected chi connectivity index (χ3v) is 1.73. The molecule has 1 nitrogen and oxygen atoms in total. The van der Waals surface area contributed by atoms with Gasteiger partial charge in [0.15, 0.2) is 0 Å². The van der Waals surface area contributed by atoms with Crippen LogP contribution in [0.2, 0.25) is 0 Å². The highest BCUT2D eigenvalue weighted by Crippen LogP contribution is 1.98. The molecule has 0 bridgehead atoms. The van der Waals surface area contributed by atoms with Gasteiger partial charge < -0.3 is 5.11 Å². The SMILES string of the molecule is C.CC/C=C\CC.CCCC(O)CC. The summed E-state index contributed by atoms with van der Waals surface area (Å²) in [5, 5.41) is 8.86. The summed E-state index contributed by atoms with van der Waals surface area (Å²) in [6, 6.07) is 0. The van der Waals surface area contributed by atoms with E-state index in [1.807, 2.05) is 6.92 Å². The second-order valence-electron chi connectivity index (χ2n) is 3.14. The molecule has 0 aromatic heterocycles. The molecule has 0 saturated heterocycles.